The van der Waals surface area contributed by atoms with Gasteiger partial charge in [0.2, 0.25) is 5.91 Å². The van der Waals surface area contributed by atoms with Crippen LogP contribution in [0.1, 0.15) is 43.9 Å². The highest BCUT2D eigenvalue weighted by Crippen LogP contribution is 2.29. The summed E-state index contributed by atoms with van der Waals surface area (Å²) in [6.45, 7) is 7.62. The van der Waals surface area contributed by atoms with E-state index in [4.69, 9.17) is 0 Å². The van der Waals surface area contributed by atoms with Crippen molar-refractivity contribution in [1.29, 1.82) is 0 Å². The Bertz CT molecular complexity index is 1220. The SMILES string of the molecule is Cc1csc(-c2cc(S(=O)(=O)Nc3cccc(C(C)C)c3)cn2CC(=O)N2CCCC2)n1. The Balaban J connectivity index is 1.66. The molecular formula is C23H28N4O3S2. The van der Waals surface area contributed by atoms with Crippen LogP contribution in [0.25, 0.3) is 10.7 Å². The van der Waals surface area contributed by atoms with Gasteiger partial charge >= 0.3 is 0 Å². The summed E-state index contributed by atoms with van der Waals surface area (Å²) < 4.78 is 30.8. The number of aromatic nitrogens is 2. The highest BCUT2D eigenvalue weighted by atomic mass is 32.2. The summed E-state index contributed by atoms with van der Waals surface area (Å²) in [6, 6.07) is 9.01. The Morgan fingerprint density at radius 1 is 1.22 bits per heavy atom. The fourth-order valence-corrected chi connectivity index (χ4v) is 5.72. The molecule has 170 valence electrons. The van der Waals surface area contributed by atoms with Crippen molar-refractivity contribution in [2.45, 2.75) is 51.0 Å². The second-order valence-electron chi connectivity index (χ2n) is 8.46. The third kappa shape index (κ3) is 4.88. The summed E-state index contributed by atoms with van der Waals surface area (Å²) in [5.41, 5.74) is 3.06. The number of hydrogen-bond acceptors (Lipinski definition) is 5. The van der Waals surface area contributed by atoms with Crippen LogP contribution in [0.15, 0.2) is 46.8 Å². The van der Waals surface area contributed by atoms with Crippen molar-refractivity contribution < 1.29 is 13.2 Å². The van der Waals surface area contributed by atoms with Gasteiger partial charge in [0.15, 0.2) is 0 Å². The topological polar surface area (TPSA) is 84.3 Å². The van der Waals surface area contributed by atoms with Crippen LogP contribution in [-0.4, -0.2) is 41.9 Å². The maximum absolute atomic E-state index is 13.2. The summed E-state index contributed by atoms with van der Waals surface area (Å²) in [5.74, 6) is 0.283. The van der Waals surface area contributed by atoms with Crippen LogP contribution in [0.5, 0.6) is 0 Å². The number of carbonyl (C=O) groups excluding carboxylic acids is 1. The molecule has 7 nitrogen and oxygen atoms in total. The van der Waals surface area contributed by atoms with E-state index in [9.17, 15) is 13.2 Å². The molecular weight excluding hydrogens is 444 g/mol. The number of thiazole rings is 1. The number of anilines is 1. The Morgan fingerprint density at radius 2 is 1.97 bits per heavy atom. The first kappa shape index (κ1) is 22.5. The van der Waals surface area contributed by atoms with Gasteiger partial charge in [0.05, 0.1) is 5.69 Å². The number of nitrogens with one attached hydrogen (secondary N) is 1. The molecule has 1 N–H and O–H groups in total. The lowest BCUT2D eigenvalue weighted by Gasteiger charge is -2.16. The summed E-state index contributed by atoms with van der Waals surface area (Å²) in [5, 5.41) is 2.61. The van der Waals surface area contributed by atoms with E-state index in [0.29, 0.717) is 16.4 Å². The van der Waals surface area contributed by atoms with E-state index < -0.39 is 10.0 Å². The lowest BCUT2D eigenvalue weighted by atomic mass is 10.0. The molecule has 0 aliphatic carbocycles. The number of nitrogens with zero attached hydrogens (tertiary/aromatic N) is 3. The highest BCUT2D eigenvalue weighted by Gasteiger charge is 2.24. The van der Waals surface area contributed by atoms with E-state index in [1.807, 2.05) is 35.4 Å². The minimum Gasteiger partial charge on any atom is -0.341 e. The molecule has 0 saturated carbocycles. The van der Waals surface area contributed by atoms with Crippen molar-refractivity contribution in [2.24, 2.45) is 0 Å². The number of rotatable bonds is 7. The average molecular weight is 473 g/mol. The van der Waals surface area contributed by atoms with Gasteiger partial charge in [-0.25, -0.2) is 13.4 Å². The Kier molecular flexibility index (Phi) is 6.39. The molecule has 3 aromatic rings. The smallest absolute Gasteiger partial charge is 0.263 e. The van der Waals surface area contributed by atoms with Crippen molar-refractivity contribution >= 4 is 33.0 Å². The second-order valence-corrected chi connectivity index (χ2v) is 11.0. The van der Waals surface area contributed by atoms with Gasteiger partial charge < -0.3 is 9.47 Å². The van der Waals surface area contributed by atoms with Crippen LogP contribution in [0.2, 0.25) is 0 Å². The van der Waals surface area contributed by atoms with Gasteiger partial charge in [-0.2, -0.15) is 0 Å². The molecule has 1 fully saturated rings. The van der Waals surface area contributed by atoms with E-state index in [1.165, 1.54) is 17.5 Å². The molecule has 32 heavy (non-hydrogen) atoms. The van der Waals surface area contributed by atoms with Crippen molar-refractivity contribution in [3.63, 3.8) is 0 Å². The molecule has 9 heteroatoms. The van der Waals surface area contributed by atoms with Crippen LogP contribution >= 0.6 is 11.3 Å². The molecule has 0 bridgehead atoms. The van der Waals surface area contributed by atoms with Crippen LogP contribution in [0, 0.1) is 6.92 Å². The third-order valence-corrected chi connectivity index (χ3v) is 7.92. The predicted octanol–water partition coefficient (Wildman–Crippen LogP) is 4.47. The molecule has 1 amide bonds. The highest BCUT2D eigenvalue weighted by molar-refractivity contribution is 7.92. The van der Waals surface area contributed by atoms with Gasteiger partial charge in [-0.1, -0.05) is 26.0 Å². The molecule has 0 unspecified atom stereocenters. The number of aryl methyl sites for hydroxylation is 1. The average Bonchev–Trinajstić information content (AvgIpc) is 3.48. The zero-order valence-corrected chi connectivity index (χ0v) is 20.2. The lowest BCUT2D eigenvalue weighted by molar-refractivity contribution is -0.130. The number of amides is 1. The van der Waals surface area contributed by atoms with Gasteiger partial charge in [0, 0.05) is 36.0 Å². The van der Waals surface area contributed by atoms with E-state index in [0.717, 1.165) is 37.2 Å². The van der Waals surface area contributed by atoms with Crippen LogP contribution < -0.4 is 4.72 Å². The zero-order valence-electron chi connectivity index (χ0n) is 18.5. The van der Waals surface area contributed by atoms with E-state index in [2.05, 4.69) is 23.6 Å². The second kappa shape index (κ2) is 9.07. The maximum Gasteiger partial charge on any atom is 0.263 e. The minimum absolute atomic E-state index is 0.00540. The molecule has 1 aliphatic rings. The van der Waals surface area contributed by atoms with Crippen molar-refractivity contribution in [3.05, 3.63) is 53.2 Å². The van der Waals surface area contributed by atoms with E-state index in [-0.39, 0.29) is 23.3 Å². The van der Waals surface area contributed by atoms with Gasteiger partial charge in [-0.15, -0.1) is 11.3 Å². The Labute approximate surface area is 193 Å². The van der Waals surface area contributed by atoms with Crippen LogP contribution in [0.3, 0.4) is 0 Å². The molecule has 1 aliphatic heterocycles. The normalized spacial score (nSPS) is 14.3. The molecule has 0 atom stereocenters. The molecule has 4 rings (SSSR count). The summed E-state index contributed by atoms with van der Waals surface area (Å²) >= 11 is 1.44. The van der Waals surface area contributed by atoms with Crippen LogP contribution in [-0.2, 0) is 21.4 Å². The summed E-state index contributed by atoms with van der Waals surface area (Å²) in [4.78, 5) is 19.2. The van der Waals surface area contributed by atoms with E-state index in [1.54, 1.807) is 16.7 Å². The minimum atomic E-state index is -3.83. The molecule has 1 aromatic carbocycles. The number of carbonyl (C=O) groups is 1. The number of sulfonamides is 1. The molecule has 0 spiro atoms. The van der Waals surface area contributed by atoms with Gasteiger partial charge in [-0.05, 0) is 49.4 Å². The van der Waals surface area contributed by atoms with Crippen molar-refractivity contribution in [2.75, 3.05) is 17.8 Å². The Hall–Kier alpha value is -2.65. The number of likely N-dealkylation sites (tertiary alicyclic amines) is 1. The molecule has 1 saturated heterocycles. The molecule has 3 heterocycles. The molecule has 0 radical (unpaired) electrons. The van der Waals surface area contributed by atoms with Gasteiger partial charge in [0.25, 0.3) is 10.0 Å². The maximum atomic E-state index is 13.2. The van der Waals surface area contributed by atoms with Gasteiger partial charge in [-0.3, -0.25) is 9.52 Å². The molecule has 2 aromatic heterocycles. The predicted molar refractivity (Wildman–Crippen MR) is 127 cm³/mol. The first-order valence-electron chi connectivity index (χ1n) is 10.8. The van der Waals surface area contributed by atoms with Crippen LogP contribution in [0.4, 0.5) is 5.69 Å². The third-order valence-electron chi connectivity index (χ3n) is 5.59. The number of benzene rings is 1. The number of hydrogen-bond donors (Lipinski definition) is 1. The largest absolute Gasteiger partial charge is 0.341 e. The van der Waals surface area contributed by atoms with Gasteiger partial charge in [0.1, 0.15) is 16.4 Å². The van der Waals surface area contributed by atoms with Crippen molar-refractivity contribution in [3.8, 4) is 10.7 Å². The first-order chi connectivity index (χ1) is 15.2. The lowest BCUT2D eigenvalue weighted by Crippen LogP contribution is -2.31. The zero-order chi connectivity index (χ0) is 22.9. The first-order valence-corrected chi connectivity index (χ1v) is 13.1. The summed E-state index contributed by atoms with van der Waals surface area (Å²) in [6.07, 6.45) is 3.55. The fourth-order valence-electron chi connectivity index (χ4n) is 3.80. The standard InChI is InChI=1S/C23H28N4O3S2/c1-16(2)18-7-6-8-19(11-18)25-32(29,30)20-12-21(23-24-17(3)15-31-23)27(13-20)14-22(28)26-9-4-5-10-26/h6-8,11-13,15-16,25H,4-5,9-10,14H2,1-3H3. The summed E-state index contributed by atoms with van der Waals surface area (Å²) in [7, 11) is -3.83. The van der Waals surface area contributed by atoms with Crippen molar-refractivity contribution in [1.82, 2.24) is 14.5 Å². The Morgan fingerprint density at radius 3 is 2.62 bits per heavy atom. The quantitative estimate of drug-likeness (QED) is 0.550. The van der Waals surface area contributed by atoms with E-state index >= 15 is 0 Å². The monoisotopic (exact) mass is 472 g/mol. The fraction of sp³-hybridized carbons (Fsp3) is 0.391.